The molecular formula is C24H22N4O3S2. The van der Waals surface area contributed by atoms with Gasteiger partial charge in [0.15, 0.2) is 5.13 Å². The zero-order valence-corrected chi connectivity index (χ0v) is 19.3. The second-order valence-electron chi connectivity index (χ2n) is 7.81. The first-order valence-corrected chi connectivity index (χ1v) is 13.0. The van der Waals surface area contributed by atoms with Crippen molar-refractivity contribution < 1.29 is 13.2 Å². The minimum atomic E-state index is -3.93. The molecule has 1 saturated heterocycles. The number of benzene rings is 2. The second kappa shape index (κ2) is 9.01. The lowest BCUT2D eigenvalue weighted by Gasteiger charge is -2.33. The van der Waals surface area contributed by atoms with Crippen molar-refractivity contribution in [2.45, 2.75) is 23.8 Å². The van der Waals surface area contributed by atoms with E-state index < -0.39 is 10.0 Å². The van der Waals surface area contributed by atoms with Crippen molar-refractivity contribution in [1.82, 2.24) is 15.3 Å². The van der Waals surface area contributed by atoms with Gasteiger partial charge in [-0.3, -0.25) is 9.78 Å². The third kappa shape index (κ3) is 4.15. The molecule has 0 spiro atoms. The Balaban J connectivity index is 1.60. The van der Waals surface area contributed by atoms with Crippen LogP contribution in [0.25, 0.3) is 10.8 Å². The first-order chi connectivity index (χ1) is 16.1. The number of carbonyl (C=O) groups excluding carboxylic acids is 1. The smallest absolute Gasteiger partial charge is 0.266 e. The number of fused-ring (bicyclic) bond motifs is 1. The number of sulfonamides is 1. The molecule has 4 aromatic rings. The van der Waals surface area contributed by atoms with Gasteiger partial charge in [-0.25, -0.2) is 17.7 Å². The van der Waals surface area contributed by atoms with E-state index in [1.165, 1.54) is 10.5 Å². The summed E-state index contributed by atoms with van der Waals surface area (Å²) in [4.78, 5) is 22.0. The summed E-state index contributed by atoms with van der Waals surface area (Å²) in [7, 11) is -3.93. The molecule has 0 bridgehead atoms. The summed E-state index contributed by atoms with van der Waals surface area (Å²) in [5.41, 5.74) is 0.304. The summed E-state index contributed by atoms with van der Waals surface area (Å²) >= 11 is 1.09. The van der Waals surface area contributed by atoms with Crippen molar-refractivity contribution >= 4 is 43.0 Å². The highest BCUT2D eigenvalue weighted by Crippen LogP contribution is 2.35. The average Bonchev–Trinajstić information content (AvgIpc) is 3.33. The van der Waals surface area contributed by atoms with Crippen LogP contribution in [0.5, 0.6) is 0 Å². The average molecular weight is 479 g/mol. The van der Waals surface area contributed by atoms with Crippen LogP contribution in [-0.4, -0.2) is 43.3 Å². The molecule has 1 N–H and O–H groups in total. The van der Waals surface area contributed by atoms with Crippen LogP contribution in [0.2, 0.25) is 0 Å². The Hall–Kier alpha value is -3.14. The van der Waals surface area contributed by atoms with Gasteiger partial charge < -0.3 is 5.32 Å². The van der Waals surface area contributed by atoms with Crippen LogP contribution < -0.4 is 9.62 Å². The van der Waals surface area contributed by atoms with Crippen LogP contribution in [0.3, 0.4) is 0 Å². The molecule has 0 aliphatic carbocycles. The van der Waals surface area contributed by atoms with Gasteiger partial charge in [0.25, 0.3) is 10.0 Å². The van der Waals surface area contributed by atoms with E-state index in [2.05, 4.69) is 15.3 Å². The molecule has 2 aromatic carbocycles. The maximum Gasteiger partial charge on any atom is 0.266 e. The zero-order chi connectivity index (χ0) is 22.8. The number of hydrogen-bond donors (Lipinski definition) is 1. The van der Waals surface area contributed by atoms with Gasteiger partial charge in [-0.1, -0.05) is 53.8 Å². The third-order valence-electron chi connectivity index (χ3n) is 5.73. The lowest BCUT2D eigenvalue weighted by molar-refractivity contribution is 0.103. The molecule has 0 saturated carbocycles. The standard InChI is InChI=1S/C24H22N4O3S2/c29-23(20-9-3-4-13-26-20)21-16-27-24(32-21)28(18-11-14-25-15-12-18)33(30,31)22-10-5-7-17-6-1-2-8-19(17)22/h1-10,13,16,18,25H,11-12,14-15H2. The Morgan fingerprint density at radius 3 is 2.52 bits per heavy atom. The Morgan fingerprint density at radius 2 is 1.73 bits per heavy atom. The maximum atomic E-state index is 14.1. The predicted molar refractivity (Wildman–Crippen MR) is 129 cm³/mol. The number of piperidine rings is 1. The molecule has 1 aliphatic heterocycles. The van der Waals surface area contributed by atoms with Crippen molar-refractivity contribution in [3.63, 3.8) is 0 Å². The number of rotatable bonds is 6. The molecule has 0 atom stereocenters. The first-order valence-electron chi connectivity index (χ1n) is 10.7. The summed E-state index contributed by atoms with van der Waals surface area (Å²) in [6.07, 6.45) is 4.32. The van der Waals surface area contributed by atoms with Crippen molar-refractivity contribution in [1.29, 1.82) is 0 Å². The van der Waals surface area contributed by atoms with Gasteiger partial charge in [-0.05, 0) is 49.5 Å². The van der Waals surface area contributed by atoms with Gasteiger partial charge in [-0.2, -0.15) is 0 Å². The van der Waals surface area contributed by atoms with E-state index in [1.54, 1.807) is 36.5 Å². The summed E-state index contributed by atoms with van der Waals surface area (Å²) in [5.74, 6) is -0.271. The number of aromatic nitrogens is 2. The molecule has 0 amide bonds. The molecule has 7 nitrogen and oxygen atoms in total. The fourth-order valence-corrected chi connectivity index (χ4v) is 7.15. The number of nitrogens with one attached hydrogen (secondary N) is 1. The summed E-state index contributed by atoms with van der Waals surface area (Å²) in [6, 6.07) is 17.6. The molecular weight excluding hydrogens is 456 g/mol. The van der Waals surface area contributed by atoms with E-state index in [9.17, 15) is 13.2 Å². The van der Waals surface area contributed by atoms with E-state index >= 15 is 0 Å². The normalized spacial score (nSPS) is 14.9. The van der Waals surface area contributed by atoms with Crippen LogP contribution in [0.15, 0.2) is 78.0 Å². The van der Waals surface area contributed by atoms with Gasteiger partial charge >= 0.3 is 0 Å². The topological polar surface area (TPSA) is 92.3 Å². The van der Waals surface area contributed by atoms with Crippen LogP contribution in [-0.2, 0) is 10.0 Å². The summed E-state index contributed by atoms with van der Waals surface area (Å²) < 4.78 is 29.6. The van der Waals surface area contributed by atoms with E-state index in [-0.39, 0.29) is 16.7 Å². The lowest BCUT2D eigenvalue weighted by atomic mass is 10.1. The summed E-state index contributed by atoms with van der Waals surface area (Å²) in [5, 5.41) is 5.11. The Labute approximate surface area is 196 Å². The minimum Gasteiger partial charge on any atom is -0.317 e. The van der Waals surface area contributed by atoms with Crippen molar-refractivity contribution in [3.05, 3.63) is 83.6 Å². The van der Waals surface area contributed by atoms with E-state index in [0.29, 0.717) is 33.9 Å². The Morgan fingerprint density at radius 1 is 0.970 bits per heavy atom. The largest absolute Gasteiger partial charge is 0.317 e. The highest BCUT2D eigenvalue weighted by Gasteiger charge is 2.36. The van der Waals surface area contributed by atoms with Crippen molar-refractivity contribution in [2.24, 2.45) is 0 Å². The van der Waals surface area contributed by atoms with Gasteiger partial charge in [0, 0.05) is 11.6 Å². The van der Waals surface area contributed by atoms with Crippen LogP contribution in [0.1, 0.15) is 28.2 Å². The fourth-order valence-electron chi connectivity index (χ4n) is 4.12. The monoisotopic (exact) mass is 478 g/mol. The molecule has 1 aliphatic rings. The third-order valence-corrected chi connectivity index (χ3v) is 8.74. The molecule has 1 fully saturated rings. The number of nitrogens with zero attached hydrogens (tertiary/aromatic N) is 3. The molecule has 5 rings (SSSR count). The van der Waals surface area contributed by atoms with E-state index in [1.807, 2.05) is 30.3 Å². The maximum absolute atomic E-state index is 14.1. The molecule has 2 aromatic heterocycles. The van der Waals surface area contributed by atoms with Crippen LogP contribution in [0.4, 0.5) is 5.13 Å². The molecule has 33 heavy (non-hydrogen) atoms. The number of ketones is 1. The van der Waals surface area contributed by atoms with Gasteiger partial charge in [0.05, 0.1) is 22.0 Å². The molecule has 9 heteroatoms. The number of hydrogen-bond acceptors (Lipinski definition) is 7. The van der Waals surface area contributed by atoms with E-state index in [0.717, 1.165) is 29.8 Å². The molecule has 168 valence electrons. The molecule has 0 unspecified atom stereocenters. The number of pyridine rings is 1. The van der Waals surface area contributed by atoms with Gasteiger partial charge in [0.1, 0.15) is 5.69 Å². The molecule has 3 heterocycles. The van der Waals surface area contributed by atoms with Crippen molar-refractivity contribution in [2.75, 3.05) is 17.4 Å². The Kier molecular flexibility index (Phi) is 5.92. The van der Waals surface area contributed by atoms with Crippen LogP contribution in [0, 0.1) is 0 Å². The SMILES string of the molecule is O=C(c1ccccn1)c1cnc(N(C2CCNCC2)S(=O)(=O)c2cccc3ccccc23)s1. The zero-order valence-electron chi connectivity index (χ0n) is 17.7. The number of carbonyl (C=O) groups is 1. The quantitative estimate of drug-likeness (QED) is 0.423. The van der Waals surface area contributed by atoms with Gasteiger partial charge in [0.2, 0.25) is 5.78 Å². The minimum absolute atomic E-state index is 0.243. The molecule has 0 radical (unpaired) electrons. The highest BCUT2D eigenvalue weighted by molar-refractivity contribution is 7.93. The predicted octanol–water partition coefficient (Wildman–Crippen LogP) is 3.87. The van der Waals surface area contributed by atoms with E-state index in [4.69, 9.17) is 0 Å². The van der Waals surface area contributed by atoms with Gasteiger partial charge in [-0.15, -0.1) is 0 Å². The van der Waals surface area contributed by atoms with Crippen molar-refractivity contribution in [3.8, 4) is 0 Å². The number of anilines is 1. The van der Waals surface area contributed by atoms with Crippen LogP contribution >= 0.6 is 11.3 Å². The first kappa shape index (κ1) is 21.7. The Bertz CT molecular complexity index is 1390. The second-order valence-corrected chi connectivity index (χ2v) is 10.6. The number of thiazole rings is 1. The lowest BCUT2D eigenvalue weighted by Crippen LogP contribution is -2.46. The summed E-state index contributed by atoms with van der Waals surface area (Å²) in [6.45, 7) is 1.44. The highest BCUT2D eigenvalue weighted by atomic mass is 32.2. The fraction of sp³-hybridized carbons (Fsp3) is 0.208.